The average molecular weight is 315 g/mol. The number of para-hydroxylation sites is 1. The molecule has 1 aromatic heterocycles. The minimum atomic E-state index is -0.257. The number of rotatable bonds is 8. The fourth-order valence-corrected chi connectivity index (χ4v) is 1.91. The smallest absolute Gasteiger partial charge is 0.315 e. The van der Waals surface area contributed by atoms with Gasteiger partial charge >= 0.3 is 6.03 Å². The van der Waals surface area contributed by atoms with E-state index in [1.165, 1.54) is 0 Å². The lowest BCUT2D eigenvalue weighted by molar-refractivity contribution is 0.236. The molecular formula is C17H21N3O3. The number of pyridine rings is 1. The Morgan fingerprint density at radius 3 is 2.70 bits per heavy atom. The molecule has 23 heavy (non-hydrogen) atoms. The topological polar surface area (TPSA) is 72.5 Å². The van der Waals surface area contributed by atoms with Crippen molar-refractivity contribution in [1.29, 1.82) is 0 Å². The third-order valence-electron chi connectivity index (χ3n) is 2.97. The molecule has 0 unspecified atom stereocenters. The first-order valence-electron chi connectivity index (χ1n) is 7.56. The zero-order valence-electron chi connectivity index (χ0n) is 13.1. The maximum atomic E-state index is 11.8. The van der Waals surface area contributed by atoms with E-state index >= 15 is 0 Å². The first-order chi connectivity index (χ1) is 11.3. The zero-order valence-corrected chi connectivity index (χ0v) is 13.1. The second-order valence-electron chi connectivity index (χ2n) is 4.67. The lowest BCUT2D eigenvalue weighted by Crippen LogP contribution is -2.37. The van der Waals surface area contributed by atoms with Crippen LogP contribution in [0.15, 0.2) is 48.7 Å². The van der Waals surface area contributed by atoms with Crippen LogP contribution in [0.2, 0.25) is 0 Å². The van der Waals surface area contributed by atoms with Gasteiger partial charge in [0.05, 0.1) is 13.2 Å². The van der Waals surface area contributed by atoms with Crippen LogP contribution in [0, 0.1) is 0 Å². The van der Waals surface area contributed by atoms with Gasteiger partial charge in [-0.25, -0.2) is 9.78 Å². The summed E-state index contributed by atoms with van der Waals surface area (Å²) < 4.78 is 10.9. The molecule has 0 bridgehead atoms. The molecule has 1 aromatic carbocycles. The summed E-state index contributed by atoms with van der Waals surface area (Å²) in [5, 5.41) is 5.51. The number of ether oxygens (including phenoxy) is 2. The Labute approximate surface area is 135 Å². The minimum absolute atomic E-state index is 0.257. The number of nitrogens with zero attached hydrogens (tertiary/aromatic N) is 1. The number of amides is 2. The highest BCUT2D eigenvalue weighted by molar-refractivity contribution is 5.73. The fourth-order valence-electron chi connectivity index (χ4n) is 1.91. The van der Waals surface area contributed by atoms with E-state index in [9.17, 15) is 4.79 Å². The standard InChI is InChI=1S/C17H21N3O3/c1-2-22-16-14(7-6-10-18-16)13-20-17(21)19-11-12-23-15-8-4-3-5-9-15/h3-10H,2,11-13H2,1H3,(H2,19,20,21). The van der Waals surface area contributed by atoms with Gasteiger partial charge in [0.15, 0.2) is 0 Å². The van der Waals surface area contributed by atoms with E-state index in [1.54, 1.807) is 6.20 Å². The molecule has 1 heterocycles. The van der Waals surface area contributed by atoms with E-state index in [2.05, 4.69) is 15.6 Å². The first kappa shape index (κ1) is 16.6. The van der Waals surface area contributed by atoms with Crippen LogP contribution in [-0.4, -0.2) is 30.8 Å². The average Bonchev–Trinajstić information content (AvgIpc) is 2.59. The lowest BCUT2D eigenvalue weighted by atomic mass is 10.2. The third kappa shape index (κ3) is 5.86. The van der Waals surface area contributed by atoms with Crippen molar-refractivity contribution in [2.45, 2.75) is 13.5 Å². The second kappa shape index (κ2) is 9.30. The summed E-state index contributed by atoms with van der Waals surface area (Å²) in [6.45, 7) is 3.62. The molecule has 2 amide bonds. The summed E-state index contributed by atoms with van der Waals surface area (Å²) in [5.74, 6) is 1.33. The number of urea groups is 1. The van der Waals surface area contributed by atoms with Crippen LogP contribution in [-0.2, 0) is 6.54 Å². The molecule has 0 aliphatic rings. The Hall–Kier alpha value is -2.76. The van der Waals surface area contributed by atoms with E-state index in [0.29, 0.717) is 32.2 Å². The van der Waals surface area contributed by atoms with E-state index in [1.807, 2.05) is 49.4 Å². The second-order valence-corrected chi connectivity index (χ2v) is 4.67. The minimum Gasteiger partial charge on any atom is -0.492 e. The molecule has 0 radical (unpaired) electrons. The van der Waals surface area contributed by atoms with Gasteiger partial charge in [0.25, 0.3) is 0 Å². The molecule has 122 valence electrons. The molecule has 2 rings (SSSR count). The molecule has 6 nitrogen and oxygen atoms in total. The highest BCUT2D eigenvalue weighted by Crippen LogP contribution is 2.13. The van der Waals surface area contributed by atoms with Crippen LogP contribution in [0.25, 0.3) is 0 Å². The molecule has 0 saturated carbocycles. The van der Waals surface area contributed by atoms with Crippen molar-refractivity contribution in [3.8, 4) is 11.6 Å². The van der Waals surface area contributed by atoms with Gasteiger partial charge in [-0.2, -0.15) is 0 Å². The molecule has 0 spiro atoms. The maximum absolute atomic E-state index is 11.8. The van der Waals surface area contributed by atoms with Gasteiger partial charge in [-0.05, 0) is 25.1 Å². The largest absolute Gasteiger partial charge is 0.492 e. The predicted octanol–water partition coefficient (Wildman–Crippen LogP) is 2.36. The van der Waals surface area contributed by atoms with Crippen LogP contribution < -0.4 is 20.1 Å². The van der Waals surface area contributed by atoms with Crippen molar-refractivity contribution < 1.29 is 14.3 Å². The Bertz CT molecular complexity index is 605. The molecule has 0 atom stereocenters. The van der Waals surface area contributed by atoms with E-state index in [4.69, 9.17) is 9.47 Å². The Morgan fingerprint density at radius 1 is 1.09 bits per heavy atom. The molecule has 0 aliphatic heterocycles. The van der Waals surface area contributed by atoms with Crippen LogP contribution in [0.5, 0.6) is 11.6 Å². The molecular weight excluding hydrogens is 294 g/mol. The van der Waals surface area contributed by atoms with Crippen molar-refractivity contribution in [3.63, 3.8) is 0 Å². The summed E-state index contributed by atoms with van der Waals surface area (Å²) in [4.78, 5) is 15.9. The van der Waals surface area contributed by atoms with Crippen LogP contribution in [0.4, 0.5) is 4.79 Å². The van der Waals surface area contributed by atoms with Crippen molar-refractivity contribution in [3.05, 3.63) is 54.2 Å². The summed E-state index contributed by atoms with van der Waals surface area (Å²) >= 11 is 0. The molecule has 0 fully saturated rings. The number of nitrogens with one attached hydrogen (secondary N) is 2. The SMILES string of the molecule is CCOc1ncccc1CNC(=O)NCCOc1ccccc1. The highest BCUT2D eigenvalue weighted by atomic mass is 16.5. The normalized spacial score (nSPS) is 9.96. The molecule has 2 aromatic rings. The van der Waals surface area contributed by atoms with Crippen LogP contribution in [0.1, 0.15) is 12.5 Å². The Morgan fingerprint density at radius 2 is 1.91 bits per heavy atom. The van der Waals surface area contributed by atoms with Crippen molar-refractivity contribution in [1.82, 2.24) is 15.6 Å². The first-order valence-corrected chi connectivity index (χ1v) is 7.56. The summed E-state index contributed by atoms with van der Waals surface area (Å²) in [6, 6.07) is 12.9. The lowest BCUT2D eigenvalue weighted by Gasteiger charge is -2.11. The van der Waals surface area contributed by atoms with Gasteiger partial charge in [0.2, 0.25) is 5.88 Å². The number of hydrogen-bond donors (Lipinski definition) is 2. The third-order valence-corrected chi connectivity index (χ3v) is 2.97. The monoisotopic (exact) mass is 315 g/mol. The van der Waals surface area contributed by atoms with E-state index in [0.717, 1.165) is 11.3 Å². The number of carbonyl (C=O) groups is 1. The van der Waals surface area contributed by atoms with Gasteiger partial charge in [0.1, 0.15) is 12.4 Å². The van der Waals surface area contributed by atoms with Crippen LogP contribution in [0.3, 0.4) is 0 Å². The van der Waals surface area contributed by atoms with Gasteiger partial charge in [-0.15, -0.1) is 0 Å². The summed E-state index contributed by atoms with van der Waals surface area (Å²) in [6.07, 6.45) is 1.66. The van der Waals surface area contributed by atoms with E-state index in [-0.39, 0.29) is 6.03 Å². The van der Waals surface area contributed by atoms with E-state index < -0.39 is 0 Å². The number of carbonyl (C=O) groups excluding carboxylic acids is 1. The van der Waals surface area contributed by atoms with Gasteiger partial charge in [-0.1, -0.05) is 24.3 Å². The number of aromatic nitrogens is 1. The number of hydrogen-bond acceptors (Lipinski definition) is 4. The van der Waals surface area contributed by atoms with Gasteiger partial charge in [-0.3, -0.25) is 0 Å². The van der Waals surface area contributed by atoms with Gasteiger partial charge in [0, 0.05) is 18.3 Å². The highest BCUT2D eigenvalue weighted by Gasteiger charge is 2.06. The molecule has 0 aliphatic carbocycles. The Balaban J connectivity index is 1.67. The maximum Gasteiger partial charge on any atom is 0.315 e. The van der Waals surface area contributed by atoms with Gasteiger partial charge < -0.3 is 20.1 Å². The van der Waals surface area contributed by atoms with Crippen molar-refractivity contribution >= 4 is 6.03 Å². The molecule has 6 heteroatoms. The Kier molecular flexibility index (Phi) is 6.71. The quantitative estimate of drug-likeness (QED) is 0.734. The van der Waals surface area contributed by atoms with Crippen molar-refractivity contribution in [2.24, 2.45) is 0 Å². The summed E-state index contributed by atoms with van der Waals surface area (Å²) in [7, 11) is 0. The van der Waals surface area contributed by atoms with Crippen LogP contribution >= 0.6 is 0 Å². The summed E-state index contributed by atoms with van der Waals surface area (Å²) in [5.41, 5.74) is 0.838. The number of benzene rings is 1. The van der Waals surface area contributed by atoms with Crippen molar-refractivity contribution in [2.75, 3.05) is 19.8 Å². The molecule has 2 N–H and O–H groups in total. The fraction of sp³-hybridized carbons (Fsp3) is 0.294. The predicted molar refractivity (Wildman–Crippen MR) is 87.6 cm³/mol. The zero-order chi connectivity index (χ0) is 16.3. The molecule has 0 saturated heterocycles.